The zero-order chi connectivity index (χ0) is 61.1. The fourth-order valence-corrected chi connectivity index (χ4v) is 9.50. The van der Waals surface area contributed by atoms with E-state index in [-0.39, 0.29) is 0 Å². The second-order valence-corrected chi connectivity index (χ2v) is 21.1. The molecule has 0 aliphatic heterocycles. The number of unbranched alkanes of at least 4 members (excludes halogenated alkanes) is 9. The third kappa shape index (κ3) is 21.8. The Kier molecular flexibility index (Phi) is 26.2. The molecule has 8 rings (SSSR count). The molecule has 0 aliphatic rings. The van der Waals surface area contributed by atoms with Gasteiger partial charge in [0.25, 0.3) is 0 Å². The maximum atomic E-state index is 10.0. The molecule has 0 radical (unpaired) electrons. The summed E-state index contributed by atoms with van der Waals surface area (Å²) < 4.78 is 35.5. The molecule has 0 spiro atoms. The zero-order valence-electron chi connectivity index (χ0n) is 49.9. The van der Waals surface area contributed by atoms with E-state index in [0.29, 0.717) is 70.9 Å². The van der Waals surface area contributed by atoms with Crippen molar-refractivity contribution < 1.29 is 28.4 Å². The molecular formula is C78H74N4O6. The Balaban J connectivity index is 0.683. The van der Waals surface area contributed by atoms with Crippen LogP contribution in [0, 0.1) is 45.3 Å². The van der Waals surface area contributed by atoms with Crippen LogP contribution in [-0.2, 0) is 0 Å². The molecule has 0 aromatic heterocycles. The molecule has 10 nitrogen and oxygen atoms in total. The largest absolute Gasteiger partial charge is 0.494 e. The first-order valence-electron chi connectivity index (χ1n) is 30.4. The summed E-state index contributed by atoms with van der Waals surface area (Å²) in [5, 5.41) is 40.2. The number of nitrogens with zero attached hydrogens (tertiary/aromatic N) is 4. The number of hydrogen-bond donors (Lipinski definition) is 0. The molecule has 0 amide bonds. The van der Waals surface area contributed by atoms with Crippen molar-refractivity contribution in [2.45, 2.75) is 77.0 Å². The van der Waals surface area contributed by atoms with Crippen LogP contribution in [0.15, 0.2) is 182 Å². The molecule has 0 aliphatic carbocycles. The SMILES string of the molecule is N#Cc1cc(/C=C/c2ccc(OCCCCCCOc3ccc(/C=C/c4cc(C#N)c(/C=C/c5ccc(OCCCCCCOc6ccccc6)cc5)cc4C#N)cc3)cc2)c(C#N)cc1/C=C/c1ccc(OCCCCCCOc2ccccc2)cc1. The van der Waals surface area contributed by atoms with Gasteiger partial charge in [-0.2, -0.15) is 21.0 Å². The Labute approximate surface area is 519 Å². The quantitative estimate of drug-likeness (QED) is 0.0277. The van der Waals surface area contributed by atoms with Crippen molar-refractivity contribution in [3.63, 3.8) is 0 Å². The van der Waals surface area contributed by atoms with Gasteiger partial charge in [0.05, 0.1) is 86.2 Å². The zero-order valence-corrected chi connectivity index (χ0v) is 49.9. The van der Waals surface area contributed by atoms with Crippen molar-refractivity contribution in [1.29, 1.82) is 21.0 Å². The average molecular weight is 1160 g/mol. The second kappa shape index (κ2) is 36.4. The van der Waals surface area contributed by atoms with E-state index in [2.05, 4.69) is 24.3 Å². The van der Waals surface area contributed by atoms with Gasteiger partial charge in [0.2, 0.25) is 0 Å². The molecule has 442 valence electrons. The van der Waals surface area contributed by atoms with Crippen LogP contribution in [0.1, 0.15) is 144 Å². The Morgan fingerprint density at radius 2 is 0.420 bits per heavy atom. The van der Waals surface area contributed by atoms with Gasteiger partial charge < -0.3 is 28.4 Å². The Morgan fingerprint density at radius 3 is 0.614 bits per heavy atom. The van der Waals surface area contributed by atoms with Crippen LogP contribution in [0.25, 0.3) is 48.6 Å². The van der Waals surface area contributed by atoms with Gasteiger partial charge in [0.1, 0.15) is 34.5 Å². The lowest BCUT2D eigenvalue weighted by Crippen LogP contribution is -2.00. The van der Waals surface area contributed by atoms with Crippen molar-refractivity contribution >= 4 is 48.6 Å². The van der Waals surface area contributed by atoms with Crippen LogP contribution in [-0.4, -0.2) is 39.6 Å². The van der Waals surface area contributed by atoms with E-state index in [1.165, 1.54) is 0 Å². The van der Waals surface area contributed by atoms with Gasteiger partial charge in [-0.3, -0.25) is 0 Å². The lowest BCUT2D eigenvalue weighted by Gasteiger charge is -2.08. The van der Waals surface area contributed by atoms with Crippen LogP contribution in [0.2, 0.25) is 0 Å². The molecule has 0 bridgehead atoms. The highest BCUT2D eigenvalue weighted by Crippen LogP contribution is 2.26. The van der Waals surface area contributed by atoms with Crippen LogP contribution in [0.5, 0.6) is 34.5 Å². The summed E-state index contributed by atoms with van der Waals surface area (Å²) in [6, 6.07) is 67.4. The molecule has 0 atom stereocenters. The highest BCUT2D eigenvalue weighted by atomic mass is 16.5. The second-order valence-electron chi connectivity index (χ2n) is 21.1. The van der Waals surface area contributed by atoms with Crippen molar-refractivity contribution in [2.75, 3.05) is 39.6 Å². The van der Waals surface area contributed by atoms with Crippen LogP contribution < -0.4 is 28.4 Å². The minimum Gasteiger partial charge on any atom is -0.494 e. The average Bonchev–Trinajstić information content (AvgIpc) is 3.69. The van der Waals surface area contributed by atoms with Crippen LogP contribution in [0.3, 0.4) is 0 Å². The van der Waals surface area contributed by atoms with Gasteiger partial charge in [-0.1, -0.05) is 134 Å². The van der Waals surface area contributed by atoms with E-state index in [1.54, 1.807) is 24.3 Å². The van der Waals surface area contributed by atoms with Crippen molar-refractivity contribution in [3.8, 4) is 58.8 Å². The van der Waals surface area contributed by atoms with Crippen LogP contribution >= 0.6 is 0 Å². The minimum atomic E-state index is 0.482. The van der Waals surface area contributed by atoms with E-state index >= 15 is 0 Å². The maximum absolute atomic E-state index is 10.0. The highest BCUT2D eigenvalue weighted by Gasteiger charge is 2.10. The summed E-state index contributed by atoms with van der Waals surface area (Å²) >= 11 is 0. The van der Waals surface area contributed by atoms with Gasteiger partial charge in [0, 0.05) is 0 Å². The van der Waals surface area contributed by atoms with Crippen LogP contribution in [0.4, 0.5) is 0 Å². The first-order valence-corrected chi connectivity index (χ1v) is 30.4. The molecule has 0 N–H and O–H groups in total. The maximum Gasteiger partial charge on any atom is 0.119 e. The smallest absolute Gasteiger partial charge is 0.119 e. The molecule has 0 fully saturated rings. The first kappa shape index (κ1) is 63.5. The predicted molar refractivity (Wildman–Crippen MR) is 354 cm³/mol. The Morgan fingerprint density at radius 1 is 0.227 bits per heavy atom. The Bertz CT molecular complexity index is 3470. The lowest BCUT2D eigenvalue weighted by molar-refractivity contribution is 0.287. The van der Waals surface area contributed by atoms with E-state index < -0.39 is 0 Å². The number of hydrogen-bond acceptors (Lipinski definition) is 10. The van der Waals surface area contributed by atoms with Gasteiger partial charge in [-0.15, -0.1) is 0 Å². The predicted octanol–water partition coefficient (Wildman–Crippen LogP) is 18.9. The number of rotatable bonds is 35. The summed E-state index contributed by atoms with van der Waals surface area (Å²) in [6.45, 7) is 3.97. The molecule has 10 heteroatoms. The molecule has 0 unspecified atom stereocenters. The molecular weight excluding hydrogens is 1090 g/mol. The monoisotopic (exact) mass is 1160 g/mol. The van der Waals surface area contributed by atoms with Crippen molar-refractivity contribution in [1.82, 2.24) is 0 Å². The summed E-state index contributed by atoms with van der Waals surface area (Å²) in [7, 11) is 0. The highest BCUT2D eigenvalue weighted by molar-refractivity contribution is 5.80. The molecule has 88 heavy (non-hydrogen) atoms. The van der Waals surface area contributed by atoms with Crippen molar-refractivity contribution in [3.05, 3.63) is 249 Å². The molecule has 0 saturated carbocycles. The lowest BCUT2D eigenvalue weighted by atomic mass is 9.97. The van der Waals surface area contributed by atoms with Crippen molar-refractivity contribution in [2.24, 2.45) is 0 Å². The molecule has 0 heterocycles. The van der Waals surface area contributed by atoms with E-state index in [1.807, 2.05) is 206 Å². The summed E-state index contributed by atoms with van der Waals surface area (Å²) in [4.78, 5) is 0. The third-order valence-corrected chi connectivity index (χ3v) is 14.5. The summed E-state index contributed by atoms with van der Waals surface area (Å²) in [5.74, 6) is 5.03. The van der Waals surface area contributed by atoms with Gasteiger partial charge in [0.15, 0.2) is 0 Å². The van der Waals surface area contributed by atoms with Gasteiger partial charge >= 0.3 is 0 Å². The fraction of sp³-hybridized carbons (Fsp3) is 0.231. The molecule has 0 saturated heterocycles. The summed E-state index contributed by atoms with van der Waals surface area (Å²) in [5.41, 5.74) is 8.45. The topological polar surface area (TPSA) is 151 Å². The standard InChI is InChI=1S/C78H74N4O6/c79-57-69-55-67(71(59-81)53-65(69)35-23-61-27-39-75(40-28-61)85-49-15-3-1-13-47-83-73-19-9-7-10-20-73)37-25-63-31-43-77(44-32-63)87-51-17-5-6-18-52-88-78-45-33-64(34-46-78)26-38-68-56-70(58-80)66(54-72(68)60-82)36-24-62-29-41-76(42-30-62)86-50-16-4-2-14-48-84-74-21-11-8-12-22-74/h7-12,19-46,53-56H,1-6,13-18,47-52H2/b35-23+,36-24+,37-25+,38-26+. The Hall–Kier alpha value is -10.5. The molecule has 8 aromatic carbocycles. The number of benzene rings is 8. The minimum absolute atomic E-state index is 0.482. The van der Waals surface area contributed by atoms with E-state index in [9.17, 15) is 21.0 Å². The summed E-state index contributed by atoms with van der Waals surface area (Å²) in [6.07, 6.45) is 27.4. The van der Waals surface area contributed by atoms with E-state index in [4.69, 9.17) is 28.4 Å². The third-order valence-electron chi connectivity index (χ3n) is 14.5. The van der Waals surface area contributed by atoms with Gasteiger partial charge in [-0.05, 0) is 219 Å². The number of ether oxygens (including phenoxy) is 6. The molecule has 8 aromatic rings. The fourth-order valence-electron chi connectivity index (χ4n) is 9.50. The first-order chi connectivity index (χ1) is 43.4. The van der Waals surface area contributed by atoms with E-state index in [0.717, 1.165) is 147 Å². The normalized spacial score (nSPS) is 11.1. The van der Waals surface area contributed by atoms with Gasteiger partial charge in [-0.25, -0.2) is 0 Å². The number of nitriles is 4. The number of para-hydroxylation sites is 2.